The molecule has 6 nitrogen and oxygen atoms in total. The Morgan fingerprint density at radius 2 is 2.04 bits per heavy atom. The molecule has 2 rings (SSSR count). The van der Waals surface area contributed by atoms with Gasteiger partial charge in [0.25, 0.3) is 5.91 Å². The maximum Gasteiger partial charge on any atom is 0.319 e. The van der Waals surface area contributed by atoms with Gasteiger partial charge < -0.3 is 20.5 Å². The van der Waals surface area contributed by atoms with E-state index in [4.69, 9.17) is 0 Å². The summed E-state index contributed by atoms with van der Waals surface area (Å²) in [4.78, 5) is 23.7. The number of amides is 3. The third kappa shape index (κ3) is 5.07. The lowest BCUT2D eigenvalue weighted by Gasteiger charge is -2.15. The van der Waals surface area contributed by atoms with Crippen LogP contribution in [0.25, 0.3) is 0 Å². The van der Waals surface area contributed by atoms with Crippen LogP contribution in [0.3, 0.4) is 0 Å². The number of carbonyl (C=O) groups excluding carboxylic acids is 2. The number of hydrogen-bond donors (Lipinski definition) is 3. The number of aryl methyl sites for hydroxylation is 2. The highest BCUT2D eigenvalue weighted by Crippen LogP contribution is 2.15. The summed E-state index contributed by atoms with van der Waals surface area (Å²) in [6.07, 6.45) is 3.62. The first-order chi connectivity index (χ1) is 11.9. The van der Waals surface area contributed by atoms with Crippen molar-refractivity contribution in [2.24, 2.45) is 7.05 Å². The summed E-state index contributed by atoms with van der Waals surface area (Å²) in [6, 6.07) is 7.48. The van der Waals surface area contributed by atoms with E-state index in [0.717, 1.165) is 18.9 Å². The predicted octanol–water partition coefficient (Wildman–Crippen LogP) is 2.67. The molecule has 3 amide bonds. The highest BCUT2D eigenvalue weighted by molar-refractivity contribution is 5.97. The molecule has 0 saturated heterocycles. The van der Waals surface area contributed by atoms with Crippen molar-refractivity contribution in [3.8, 4) is 0 Å². The summed E-state index contributed by atoms with van der Waals surface area (Å²) < 4.78 is 15.7. The minimum atomic E-state index is -0.638. The van der Waals surface area contributed by atoms with Gasteiger partial charge in [0.1, 0.15) is 5.82 Å². The van der Waals surface area contributed by atoms with Gasteiger partial charge >= 0.3 is 6.03 Å². The molecule has 3 N–H and O–H groups in total. The van der Waals surface area contributed by atoms with Crippen LogP contribution < -0.4 is 16.0 Å². The fraction of sp³-hybridized carbons (Fsp3) is 0.333. The molecule has 0 aliphatic carbocycles. The summed E-state index contributed by atoms with van der Waals surface area (Å²) in [7, 11) is 3.40. The van der Waals surface area contributed by atoms with Crippen molar-refractivity contribution in [1.82, 2.24) is 15.2 Å². The van der Waals surface area contributed by atoms with E-state index in [0.29, 0.717) is 5.69 Å². The van der Waals surface area contributed by atoms with E-state index in [-0.39, 0.29) is 11.6 Å². The number of benzene rings is 1. The quantitative estimate of drug-likeness (QED) is 0.752. The number of nitrogens with one attached hydrogen (secondary N) is 3. The van der Waals surface area contributed by atoms with Gasteiger partial charge in [-0.05, 0) is 50.1 Å². The van der Waals surface area contributed by atoms with Crippen molar-refractivity contribution in [3.63, 3.8) is 0 Å². The third-order valence-corrected chi connectivity index (χ3v) is 3.96. The number of halogens is 1. The van der Waals surface area contributed by atoms with Gasteiger partial charge in [-0.1, -0.05) is 0 Å². The van der Waals surface area contributed by atoms with Crippen LogP contribution in [0.5, 0.6) is 0 Å². The SMILES string of the molecule is CNC(=O)c1cc(NC(=O)N[C@H](C)CCc2cccn2C)ccc1F. The number of carbonyl (C=O) groups is 2. The zero-order valence-electron chi connectivity index (χ0n) is 14.6. The van der Waals surface area contributed by atoms with Crippen molar-refractivity contribution < 1.29 is 14.0 Å². The second-order valence-corrected chi connectivity index (χ2v) is 5.92. The van der Waals surface area contributed by atoms with E-state index in [1.165, 1.54) is 24.9 Å². The molecule has 1 aromatic heterocycles. The Morgan fingerprint density at radius 3 is 2.68 bits per heavy atom. The van der Waals surface area contributed by atoms with Crippen LogP contribution in [-0.4, -0.2) is 29.6 Å². The molecular weight excluding hydrogens is 323 g/mol. The standard InChI is InChI=1S/C18H23FN4O2/c1-12(6-8-14-5-4-10-23(14)3)21-18(25)22-13-7-9-16(19)15(11-13)17(24)20-2/h4-5,7,9-12H,6,8H2,1-3H3,(H,20,24)(H2,21,22,25)/t12-/m1/s1. The Labute approximate surface area is 146 Å². The number of nitrogens with zero attached hydrogens (tertiary/aromatic N) is 1. The highest BCUT2D eigenvalue weighted by Gasteiger charge is 2.13. The van der Waals surface area contributed by atoms with Crippen molar-refractivity contribution in [2.45, 2.75) is 25.8 Å². The molecule has 0 saturated carbocycles. The largest absolute Gasteiger partial charge is 0.355 e. The van der Waals surface area contributed by atoms with Crippen LogP contribution in [0.15, 0.2) is 36.5 Å². The van der Waals surface area contributed by atoms with Crippen LogP contribution in [0.1, 0.15) is 29.4 Å². The van der Waals surface area contributed by atoms with Crippen molar-refractivity contribution >= 4 is 17.6 Å². The number of aromatic nitrogens is 1. The van der Waals surface area contributed by atoms with Gasteiger partial charge in [0.2, 0.25) is 0 Å². The lowest BCUT2D eigenvalue weighted by atomic mass is 10.1. The maximum atomic E-state index is 13.6. The molecule has 1 heterocycles. The highest BCUT2D eigenvalue weighted by atomic mass is 19.1. The first-order valence-corrected chi connectivity index (χ1v) is 8.10. The smallest absolute Gasteiger partial charge is 0.319 e. The summed E-state index contributed by atoms with van der Waals surface area (Å²) >= 11 is 0. The summed E-state index contributed by atoms with van der Waals surface area (Å²) in [6.45, 7) is 1.92. The first kappa shape index (κ1) is 18.5. The number of rotatable bonds is 6. The zero-order chi connectivity index (χ0) is 18.4. The van der Waals surface area contributed by atoms with Gasteiger partial charge in [-0.15, -0.1) is 0 Å². The van der Waals surface area contributed by atoms with Gasteiger partial charge in [-0.3, -0.25) is 4.79 Å². The Morgan fingerprint density at radius 1 is 1.28 bits per heavy atom. The molecule has 1 aromatic carbocycles. The van der Waals surface area contributed by atoms with Crippen LogP contribution in [-0.2, 0) is 13.5 Å². The molecule has 0 fully saturated rings. The van der Waals surface area contributed by atoms with E-state index < -0.39 is 17.8 Å². The molecule has 0 aliphatic rings. The van der Waals surface area contributed by atoms with Gasteiger partial charge in [0, 0.05) is 37.7 Å². The van der Waals surface area contributed by atoms with Gasteiger partial charge in [0.05, 0.1) is 5.56 Å². The minimum absolute atomic E-state index is 0.0336. The molecule has 0 bridgehead atoms. The molecule has 134 valence electrons. The molecule has 0 unspecified atom stereocenters. The van der Waals surface area contributed by atoms with Crippen molar-refractivity contribution in [2.75, 3.05) is 12.4 Å². The van der Waals surface area contributed by atoms with E-state index >= 15 is 0 Å². The average molecular weight is 346 g/mol. The summed E-state index contributed by atoms with van der Waals surface area (Å²) in [5.74, 6) is -1.18. The average Bonchev–Trinajstić information content (AvgIpc) is 2.99. The second-order valence-electron chi connectivity index (χ2n) is 5.92. The molecule has 0 radical (unpaired) electrons. The maximum absolute atomic E-state index is 13.6. The van der Waals surface area contributed by atoms with E-state index in [9.17, 15) is 14.0 Å². The topological polar surface area (TPSA) is 75.2 Å². The Bertz CT molecular complexity index is 757. The molecular formula is C18H23FN4O2. The zero-order valence-corrected chi connectivity index (χ0v) is 14.6. The number of anilines is 1. The Balaban J connectivity index is 1.89. The molecule has 2 aromatic rings. The van der Waals surface area contributed by atoms with Gasteiger partial charge in [-0.2, -0.15) is 0 Å². The fourth-order valence-corrected chi connectivity index (χ4v) is 2.50. The van der Waals surface area contributed by atoms with Crippen molar-refractivity contribution in [3.05, 3.63) is 53.6 Å². The van der Waals surface area contributed by atoms with Gasteiger partial charge in [0.15, 0.2) is 0 Å². The molecule has 25 heavy (non-hydrogen) atoms. The van der Waals surface area contributed by atoms with Crippen LogP contribution >= 0.6 is 0 Å². The predicted molar refractivity (Wildman–Crippen MR) is 95.1 cm³/mol. The number of urea groups is 1. The summed E-state index contributed by atoms with van der Waals surface area (Å²) in [5, 5.41) is 7.82. The van der Waals surface area contributed by atoms with E-state index in [1.54, 1.807) is 0 Å². The monoisotopic (exact) mass is 346 g/mol. The summed E-state index contributed by atoms with van der Waals surface area (Å²) in [5.41, 5.74) is 1.44. The van der Waals surface area contributed by atoms with E-state index in [1.807, 2.05) is 36.9 Å². The molecule has 0 aliphatic heterocycles. The minimum Gasteiger partial charge on any atom is -0.355 e. The third-order valence-electron chi connectivity index (χ3n) is 3.96. The van der Waals surface area contributed by atoms with Crippen LogP contribution in [0, 0.1) is 5.82 Å². The first-order valence-electron chi connectivity index (χ1n) is 8.10. The van der Waals surface area contributed by atoms with Crippen molar-refractivity contribution in [1.29, 1.82) is 0 Å². The molecule has 0 spiro atoms. The lowest BCUT2D eigenvalue weighted by molar-refractivity contribution is 0.0959. The number of hydrogen-bond acceptors (Lipinski definition) is 2. The molecule has 1 atom stereocenters. The lowest BCUT2D eigenvalue weighted by Crippen LogP contribution is -2.36. The van der Waals surface area contributed by atoms with E-state index in [2.05, 4.69) is 16.0 Å². The van der Waals surface area contributed by atoms with Gasteiger partial charge in [-0.25, -0.2) is 9.18 Å². The Kier molecular flexibility index (Phi) is 6.16. The molecule has 7 heteroatoms. The normalized spacial score (nSPS) is 11.7. The second kappa shape index (κ2) is 8.32. The Hall–Kier alpha value is -2.83. The van der Waals surface area contributed by atoms with Crippen LogP contribution in [0.4, 0.5) is 14.9 Å². The van der Waals surface area contributed by atoms with Crippen LogP contribution in [0.2, 0.25) is 0 Å². The fourth-order valence-electron chi connectivity index (χ4n) is 2.50.